The largest absolute Gasteiger partial charge is 0.423 e. The number of halogens is 4. The molecular weight excluding hydrogens is 396 g/mol. The second-order valence-corrected chi connectivity index (χ2v) is 8.27. The van der Waals surface area contributed by atoms with E-state index in [-0.39, 0.29) is 11.7 Å². The average Bonchev–Trinajstić information content (AvgIpc) is 2.70. The maximum atomic E-state index is 14.5. The Morgan fingerprint density at radius 2 is 1.60 bits per heavy atom. The Bertz CT molecular complexity index is 881. The first kappa shape index (κ1) is 22.3. The van der Waals surface area contributed by atoms with Crippen LogP contribution >= 0.6 is 0 Å². The quantitative estimate of drug-likeness (QED) is 0.289. The molecule has 1 aliphatic rings. The van der Waals surface area contributed by atoms with Gasteiger partial charge in [-0.15, -0.1) is 0 Å². The Balaban J connectivity index is 1.68. The first-order valence-electron chi connectivity index (χ1n) is 10.4. The van der Waals surface area contributed by atoms with Crippen molar-refractivity contribution in [1.29, 1.82) is 0 Å². The molecule has 0 bridgehead atoms. The maximum absolute atomic E-state index is 14.5. The van der Waals surface area contributed by atoms with Gasteiger partial charge in [-0.1, -0.05) is 33.1 Å². The van der Waals surface area contributed by atoms with E-state index in [0.29, 0.717) is 24.0 Å². The lowest BCUT2D eigenvalue weighted by Crippen LogP contribution is -2.21. The third-order valence-electron chi connectivity index (χ3n) is 6.24. The number of esters is 1. The predicted molar refractivity (Wildman–Crippen MR) is 106 cm³/mol. The zero-order valence-electron chi connectivity index (χ0n) is 17.2. The van der Waals surface area contributed by atoms with Crippen molar-refractivity contribution < 1.29 is 27.1 Å². The molecule has 2 aromatic carbocycles. The molecule has 0 saturated heterocycles. The number of carbonyl (C=O) groups excluding carboxylic acids is 1. The number of ether oxygens (including phenoxy) is 1. The molecule has 6 heteroatoms. The standard InChI is InChI=1S/C24H26F4O2/c1-3-15-4-6-17(7-5-15)14(2)10-16-11-21(27)23(22(28)12-16)24(29)30-18-8-9-19(25)20(26)13-18/h8-9,11-15,17H,3-7,10H2,1-2H3. The molecular formula is C24H26F4O2. The monoisotopic (exact) mass is 422 g/mol. The minimum absolute atomic E-state index is 0.279. The highest BCUT2D eigenvalue weighted by molar-refractivity contribution is 5.91. The molecule has 0 spiro atoms. The molecule has 1 saturated carbocycles. The van der Waals surface area contributed by atoms with Crippen LogP contribution in [0.1, 0.15) is 61.9 Å². The van der Waals surface area contributed by atoms with E-state index in [1.165, 1.54) is 19.3 Å². The van der Waals surface area contributed by atoms with Gasteiger partial charge < -0.3 is 4.74 Å². The lowest BCUT2D eigenvalue weighted by molar-refractivity contribution is 0.0724. The molecule has 0 N–H and O–H groups in total. The molecule has 2 nitrogen and oxygen atoms in total. The van der Waals surface area contributed by atoms with Crippen molar-refractivity contribution in [1.82, 2.24) is 0 Å². The van der Waals surface area contributed by atoms with Crippen LogP contribution in [0.4, 0.5) is 17.6 Å². The van der Waals surface area contributed by atoms with Crippen LogP contribution in [0.5, 0.6) is 5.75 Å². The first-order chi connectivity index (χ1) is 14.3. The Hall–Kier alpha value is -2.37. The summed E-state index contributed by atoms with van der Waals surface area (Å²) < 4.78 is 60.1. The summed E-state index contributed by atoms with van der Waals surface area (Å²) in [6.45, 7) is 4.30. The Morgan fingerprint density at radius 3 is 2.17 bits per heavy atom. The van der Waals surface area contributed by atoms with E-state index in [1.54, 1.807) is 0 Å². The third kappa shape index (κ3) is 5.21. The molecule has 1 aliphatic carbocycles. The van der Waals surface area contributed by atoms with Gasteiger partial charge in [0, 0.05) is 6.07 Å². The smallest absolute Gasteiger partial charge is 0.349 e. The van der Waals surface area contributed by atoms with Crippen LogP contribution in [0.3, 0.4) is 0 Å². The van der Waals surface area contributed by atoms with Crippen molar-refractivity contribution >= 4 is 5.97 Å². The van der Waals surface area contributed by atoms with E-state index in [4.69, 9.17) is 4.74 Å². The summed E-state index contributed by atoms with van der Waals surface area (Å²) in [7, 11) is 0. The van der Waals surface area contributed by atoms with Crippen molar-refractivity contribution in [3.05, 3.63) is 64.7 Å². The summed E-state index contributed by atoms with van der Waals surface area (Å²) in [4.78, 5) is 12.2. The Labute approximate surface area is 174 Å². The highest BCUT2D eigenvalue weighted by Gasteiger charge is 2.26. The van der Waals surface area contributed by atoms with E-state index in [1.807, 2.05) is 0 Å². The molecule has 1 fully saturated rings. The van der Waals surface area contributed by atoms with Crippen LogP contribution < -0.4 is 4.74 Å². The predicted octanol–water partition coefficient (Wildman–Crippen LogP) is 6.86. The lowest BCUT2D eigenvalue weighted by atomic mass is 9.74. The molecule has 162 valence electrons. The van der Waals surface area contributed by atoms with Gasteiger partial charge >= 0.3 is 5.97 Å². The number of carbonyl (C=O) groups is 1. The fourth-order valence-corrected chi connectivity index (χ4v) is 4.34. The van der Waals surface area contributed by atoms with Crippen molar-refractivity contribution in [2.24, 2.45) is 17.8 Å². The Morgan fingerprint density at radius 1 is 0.967 bits per heavy atom. The van der Waals surface area contributed by atoms with E-state index < -0.39 is 34.8 Å². The molecule has 0 heterocycles. The van der Waals surface area contributed by atoms with E-state index in [0.717, 1.165) is 43.0 Å². The SMILES string of the molecule is CCC1CCC(C(C)Cc2cc(F)c(C(=O)Oc3ccc(F)c(F)c3)c(F)c2)CC1. The van der Waals surface area contributed by atoms with E-state index in [2.05, 4.69) is 13.8 Å². The van der Waals surface area contributed by atoms with Crippen molar-refractivity contribution in [2.75, 3.05) is 0 Å². The van der Waals surface area contributed by atoms with Gasteiger partial charge in [-0.05, 0) is 66.8 Å². The molecule has 1 atom stereocenters. The number of hydrogen-bond acceptors (Lipinski definition) is 2. The summed E-state index contributed by atoms with van der Waals surface area (Å²) >= 11 is 0. The second kappa shape index (κ2) is 9.63. The minimum Gasteiger partial charge on any atom is -0.423 e. The molecule has 2 aromatic rings. The summed E-state index contributed by atoms with van der Waals surface area (Å²) in [5, 5.41) is 0. The second-order valence-electron chi connectivity index (χ2n) is 8.27. The lowest BCUT2D eigenvalue weighted by Gasteiger charge is -2.32. The van der Waals surface area contributed by atoms with Crippen LogP contribution in [0.25, 0.3) is 0 Å². The highest BCUT2D eigenvalue weighted by Crippen LogP contribution is 2.36. The molecule has 0 aromatic heterocycles. The van der Waals surface area contributed by atoms with Crippen molar-refractivity contribution in [3.63, 3.8) is 0 Å². The molecule has 3 rings (SSSR count). The molecule has 0 aliphatic heterocycles. The molecule has 0 amide bonds. The van der Waals surface area contributed by atoms with Gasteiger partial charge in [0.1, 0.15) is 22.9 Å². The number of benzene rings is 2. The van der Waals surface area contributed by atoms with Crippen LogP contribution in [0.2, 0.25) is 0 Å². The first-order valence-corrected chi connectivity index (χ1v) is 10.4. The minimum atomic E-state index is -1.30. The number of hydrogen-bond donors (Lipinski definition) is 0. The van der Waals surface area contributed by atoms with Crippen molar-refractivity contribution in [3.8, 4) is 5.75 Å². The van der Waals surface area contributed by atoms with Crippen molar-refractivity contribution in [2.45, 2.75) is 52.4 Å². The van der Waals surface area contributed by atoms with Gasteiger partial charge in [0.2, 0.25) is 0 Å². The van der Waals surface area contributed by atoms with Gasteiger partial charge in [-0.2, -0.15) is 0 Å². The van der Waals surface area contributed by atoms with Gasteiger partial charge in [0.15, 0.2) is 11.6 Å². The van der Waals surface area contributed by atoms with Crippen LogP contribution in [-0.4, -0.2) is 5.97 Å². The zero-order valence-corrected chi connectivity index (χ0v) is 17.2. The maximum Gasteiger partial charge on any atom is 0.349 e. The van der Waals surface area contributed by atoms with Crippen LogP contribution in [0.15, 0.2) is 30.3 Å². The van der Waals surface area contributed by atoms with E-state index in [9.17, 15) is 22.4 Å². The van der Waals surface area contributed by atoms with Gasteiger partial charge in [-0.3, -0.25) is 0 Å². The zero-order chi connectivity index (χ0) is 21.8. The highest BCUT2D eigenvalue weighted by atomic mass is 19.2. The summed E-state index contributed by atoms with van der Waals surface area (Å²) in [5.74, 6) is -4.44. The normalized spacial score (nSPS) is 20.1. The molecule has 30 heavy (non-hydrogen) atoms. The summed E-state index contributed by atoms with van der Waals surface area (Å²) in [6.07, 6.45) is 6.37. The summed E-state index contributed by atoms with van der Waals surface area (Å²) in [6, 6.07) is 4.73. The molecule has 1 unspecified atom stereocenters. The summed E-state index contributed by atoms with van der Waals surface area (Å²) in [5.41, 5.74) is -0.362. The average molecular weight is 422 g/mol. The third-order valence-corrected chi connectivity index (χ3v) is 6.24. The van der Waals surface area contributed by atoms with Gasteiger partial charge in [-0.25, -0.2) is 22.4 Å². The number of rotatable bonds is 6. The van der Waals surface area contributed by atoms with Crippen LogP contribution in [-0.2, 0) is 6.42 Å². The topological polar surface area (TPSA) is 26.3 Å². The van der Waals surface area contributed by atoms with Gasteiger partial charge in [0.25, 0.3) is 0 Å². The van der Waals surface area contributed by atoms with Gasteiger partial charge in [0.05, 0.1) is 0 Å². The Kier molecular flexibility index (Phi) is 7.16. The van der Waals surface area contributed by atoms with Crippen LogP contribution in [0, 0.1) is 41.0 Å². The molecule has 0 radical (unpaired) electrons. The fraction of sp³-hybridized carbons (Fsp3) is 0.458. The van der Waals surface area contributed by atoms with E-state index >= 15 is 0 Å². The fourth-order valence-electron chi connectivity index (χ4n) is 4.34.